The van der Waals surface area contributed by atoms with Gasteiger partial charge in [-0.25, -0.2) is 4.79 Å². The quantitative estimate of drug-likeness (QED) is 0.592. The van der Waals surface area contributed by atoms with Gasteiger partial charge in [-0.1, -0.05) is 0 Å². The zero-order valence-electron chi connectivity index (χ0n) is 13.8. The Bertz CT molecular complexity index is 730. The molecule has 1 heterocycles. The molecule has 0 fully saturated rings. The Morgan fingerprint density at radius 3 is 2.32 bits per heavy atom. The first-order valence-corrected chi connectivity index (χ1v) is 7.81. The molecule has 7 heteroatoms. The second kappa shape index (κ2) is 9.17. The highest BCUT2D eigenvalue weighted by Gasteiger charge is 2.10. The highest BCUT2D eigenvalue weighted by molar-refractivity contribution is 6.03. The Labute approximate surface area is 145 Å². The van der Waals surface area contributed by atoms with Crippen molar-refractivity contribution in [2.75, 3.05) is 11.9 Å². The van der Waals surface area contributed by atoms with Gasteiger partial charge in [-0.05, 0) is 48.9 Å². The first kappa shape index (κ1) is 18.1. The van der Waals surface area contributed by atoms with Crippen molar-refractivity contribution in [3.63, 3.8) is 0 Å². The van der Waals surface area contributed by atoms with E-state index in [0.29, 0.717) is 24.4 Å². The molecular formula is C18H19N3O4. The Balaban J connectivity index is 1.79. The SMILES string of the molecule is CCOC(=O)c1ccc(NC(=O)CC(=O)NCc2ccncc2)cc1. The van der Waals surface area contributed by atoms with Crippen LogP contribution < -0.4 is 10.6 Å². The minimum Gasteiger partial charge on any atom is -0.462 e. The maximum absolute atomic E-state index is 11.9. The first-order valence-electron chi connectivity index (χ1n) is 7.81. The van der Waals surface area contributed by atoms with E-state index in [2.05, 4.69) is 15.6 Å². The number of carbonyl (C=O) groups excluding carboxylic acids is 3. The molecule has 0 aliphatic heterocycles. The number of amides is 2. The number of benzene rings is 1. The van der Waals surface area contributed by atoms with Crippen molar-refractivity contribution in [2.45, 2.75) is 19.9 Å². The zero-order valence-corrected chi connectivity index (χ0v) is 13.8. The number of ether oxygens (including phenoxy) is 1. The predicted molar refractivity (Wildman–Crippen MR) is 91.7 cm³/mol. The summed E-state index contributed by atoms with van der Waals surface area (Å²) in [7, 11) is 0. The number of pyridine rings is 1. The van der Waals surface area contributed by atoms with Gasteiger partial charge in [0.15, 0.2) is 0 Å². The number of hydrogen-bond donors (Lipinski definition) is 2. The molecule has 2 aromatic rings. The summed E-state index contributed by atoms with van der Waals surface area (Å²) in [6.45, 7) is 2.36. The van der Waals surface area contributed by atoms with Gasteiger partial charge in [0.1, 0.15) is 6.42 Å². The molecule has 2 rings (SSSR count). The normalized spacial score (nSPS) is 9.96. The number of esters is 1. The number of nitrogens with one attached hydrogen (secondary N) is 2. The van der Waals surface area contributed by atoms with Crippen LogP contribution in [0.5, 0.6) is 0 Å². The van der Waals surface area contributed by atoms with Crippen LogP contribution in [0.25, 0.3) is 0 Å². The minimum atomic E-state index is -0.434. The van der Waals surface area contributed by atoms with Gasteiger partial charge in [-0.3, -0.25) is 14.6 Å². The fourth-order valence-corrected chi connectivity index (χ4v) is 2.02. The van der Waals surface area contributed by atoms with Crippen LogP contribution in [-0.2, 0) is 20.9 Å². The van der Waals surface area contributed by atoms with Crippen molar-refractivity contribution in [3.05, 3.63) is 59.9 Å². The summed E-state index contributed by atoms with van der Waals surface area (Å²) < 4.78 is 4.88. The predicted octanol–water partition coefficient (Wildman–Crippen LogP) is 1.90. The molecule has 0 spiro atoms. The molecule has 0 radical (unpaired) electrons. The van der Waals surface area contributed by atoms with Gasteiger partial charge in [0, 0.05) is 24.6 Å². The Morgan fingerprint density at radius 2 is 1.68 bits per heavy atom. The van der Waals surface area contributed by atoms with E-state index >= 15 is 0 Å². The lowest BCUT2D eigenvalue weighted by Gasteiger charge is -2.07. The Kier molecular flexibility index (Phi) is 6.65. The highest BCUT2D eigenvalue weighted by atomic mass is 16.5. The van der Waals surface area contributed by atoms with Crippen LogP contribution in [0.3, 0.4) is 0 Å². The van der Waals surface area contributed by atoms with Gasteiger partial charge in [-0.2, -0.15) is 0 Å². The van der Waals surface area contributed by atoms with Crippen molar-refractivity contribution in [2.24, 2.45) is 0 Å². The van der Waals surface area contributed by atoms with E-state index in [1.54, 1.807) is 55.7 Å². The average molecular weight is 341 g/mol. The molecule has 2 amide bonds. The van der Waals surface area contributed by atoms with E-state index in [9.17, 15) is 14.4 Å². The number of carbonyl (C=O) groups is 3. The maximum Gasteiger partial charge on any atom is 0.338 e. The summed E-state index contributed by atoms with van der Waals surface area (Å²) in [4.78, 5) is 39.1. The van der Waals surface area contributed by atoms with Crippen LogP contribution in [-0.4, -0.2) is 29.4 Å². The van der Waals surface area contributed by atoms with Crippen LogP contribution in [0.1, 0.15) is 29.3 Å². The molecule has 1 aromatic heterocycles. The van der Waals surface area contributed by atoms with Gasteiger partial charge in [-0.15, -0.1) is 0 Å². The van der Waals surface area contributed by atoms with Crippen LogP contribution in [0.2, 0.25) is 0 Å². The van der Waals surface area contributed by atoms with E-state index < -0.39 is 11.9 Å². The molecule has 1 aromatic carbocycles. The molecule has 25 heavy (non-hydrogen) atoms. The summed E-state index contributed by atoms with van der Waals surface area (Å²) >= 11 is 0. The monoisotopic (exact) mass is 341 g/mol. The lowest BCUT2D eigenvalue weighted by molar-refractivity contribution is -0.126. The minimum absolute atomic E-state index is 0.287. The summed E-state index contributed by atoms with van der Waals surface area (Å²) in [6.07, 6.45) is 2.98. The van der Waals surface area contributed by atoms with E-state index in [1.807, 2.05) is 0 Å². The standard InChI is InChI=1S/C18H19N3O4/c1-2-25-18(24)14-3-5-15(6-4-14)21-17(23)11-16(22)20-12-13-7-9-19-10-8-13/h3-10H,2,11-12H2,1H3,(H,20,22)(H,21,23). The van der Waals surface area contributed by atoms with Crippen molar-refractivity contribution < 1.29 is 19.1 Å². The van der Waals surface area contributed by atoms with Crippen LogP contribution >= 0.6 is 0 Å². The van der Waals surface area contributed by atoms with Crippen LogP contribution in [0, 0.1) is 0 Å². The second-order valence-corrected chi connectivity index (χ2v) is 5.15. The zero-order chi connectivity index (χ0) is 18.1. The molecule has 0 atom stereocenters. The van der Waals surface area contributed by atoms with Crippen molar-refractivity contribution in [3.8, 4) is 0 Å². The van der Waals surface area contributed by atoms with Crippen molar-refractivity contribution >= 4 is 23.5 Å². The topological polar surface area (TPSA) is 97.4 Å². The first-order chi connectivity index (χ1) is 12.1. The molecule has 2 N–H and O–H groups in total. The van der Waals surface area contributed by atoms with E-state index in [0.717, 1.165) is 5.56 Å². The van der Waals surface area contributed by atoms with Crippen LogP contribution in [0.4, 0.5) is 5.69 Å². The van der Waals surface area contributed by atoms with Crippen molar-refractivity contribution in [1.82, 2.24) is 10.3 Å². The van der Waals surface area contributed by atoms with Crippen molar-refractivity contribution in [1.29, 1.82) is 0 Å². The number of nitrogens with zero attached hydrogens (tertiary/aromatic N) is 1. The largest absolute Gasteiger partial charge is 0.462 e. The van der Waals surface area contributed by atoms with Gasteiger partial charge in [0.2, 0.25) is 11.8 Å². The number of hydrogen-bond acceptors (Lipinski definition) is 5. The number of rotatable bonds is 7. The fourth-order valence-electron chi connectivity index (χ4n) is 2.02. The van der Waals surface area contributed by atoms with Gasteiger partial charge < -0.3 is 15.4 Å². The van der Waals surface area contributed by atoms with Gasteiger partial charge in [0.05, 0.1) is 12.2 Å². The summed E-state index contributed by atoms with van der Waals surface area (Å²) in [6, 6.07) is 9.84. The molecular weight excluding hydrogens is 322 g/mol. The summed E-state index contributed by atoms with van der Waals surface area (Å²) in [5, 5.41) is 5.27. The van der Waals surface area contributed by atoms with Gasteiger partial charge >= 0.3 is 5.97 Å². The second-order valence-electron chi connectivity index (χ2n) is 5.15. The molecule has 0 saturated heterocycles. The lowest BCUT2D eigenvalue weighted by Crippen LogP contribution is -2.27. The van der Waals surface area contributed by atoms with Gasteiger partial charge in [0.25, 0.3) is 0 Å². The number of anilines is 1. The third-order valence-corrected chi connectivity index (χ3v) is 3.24. The van der Waals surface area contributed by atoms with E-state index in [-0.39, 0.29) is 12.3 Å². The van der Waals surface area contributed by atoms with Crippen LogP contribution in [0.15, 0.2) is 48.8 Å². The fraction of sp³-hybridized carbons (Fsp3) is 0.222. The smallest absolute Gasteiger partial charge is 0.338 e. The highest BCUT2D eigenvalue weighted by Crippen LogP contribution is 2.11. The molecule has 0 unspecified atom stereocenters. The molecule has 0 bridgehead atoms. The third kappa shape index (κ3) is 6.06. The van der Waals surface area contributed by atoms with E-state index in [4.69, 9.17) is 4.74 Å². The maximum atomic E-state index is 11.9. The molecule has 0 aliphatic carbocycles. The summed E-state index contributed by atoms with van der Waals surface area (Å²) in [5.74, 6) is -1.23. The molecule has 130 valence electrons. The third-order valence-electron chi connectivity index (χ3n) is 3.24. The Hall–Kier alpha value is -3.22. The molecule has 7 nitrogen and oxygen atoms in total. The molecule has 0 saturated carbocycles. The Morgan fingerprint density at radius 1 is 1.00 bits per heavy atom. The summed E-state index contributed by atoms with van der Waals surface area (Å²) in [5.41, 5.74) is 1.80. The average Bonchev–Trinajstić information content (AvgIpc) is 2.61. The molecule has 0 aliphatic rings. The number of aromatic nitrogens is 1. The lowest BCUT2D eigenvalue weighted by atomic mass is 10.2. The van der Waals surface area contributed by atoms with E-state index in [1.165, 1.54) is 0 Å².